The van der Waals surface area contributed by atoms with Crippen LogP contribution in [0.25, 0.3) is 0 Å². The molecule has 0 fully saturated rings. The normalized spacial score (nSPS) is 10.4. The first-order valence-corrected chi connectivity index (χ1v) is 5.03. The van der Waals surface area contributed by atoms with E-state index in [1.54, 1.807) is 0 Å². The maximum atomic E-state index is 8.52. The van der Waals surface area contributed by atoms with Gasteiger partial charge in [0.1, 0.15) is 10.4 Å². The van der Waals surface area contributed by atoms with Crippen molar-refractivity contribution in [2.45, 2.75) is 26.7 Å². The first kappa shape index (κ1) is 10.3. The molecule has 70 valence electrons. The fraction of sp³-hybridized carbons (Fsp3) is 0.556. The molecule has 0 radical (unpaired) electrons. The van der Waals surface area contributed by atoms with Gasteiger partial charge in [-0.25, -0.2) is 4.98 Å². The van der Waals surface area contributed by atoms with E-state index in [2.05, 4.69) is 45.8 Å². The number of halogens is 1. The molecule has 0 aliphatic heterocycles. The summed E-state index contributed by atoms with van der Waals surface area (Å²) >= 11 is 3.31. The summed E-state index contributed by atoms with van der Waals surface area (Å²) in [7, 11) is 0. The van der Waals surface area contributed by atoms with E-state index >= 15 is 0 Å². The monoisotopic (exact) mass is 241 g/mol. The maximum absolute atomic E-state index is 8.52. The number of hydrogen-bond acceptors (Lipinski definition) is 2. The lowest BCUT2D eigenvalue weighted by Crippen LogP contribution is -1.96. The van der Waals surface area contributed by atoms with E-state index in [9.17, 15) is 0 Å². The maximum Gasteiger partial charge on any atom is 0.128 e. The Morgan fingerprint density at radius 1 is 1.62 bits per heavy atom. The van der Waals surface area contributed by atoms with Gasteiger partial charge in [0.25, 0.3) is 0 Å². The van der Waals surface area contributed by atoms with Crippen molar-refractivity contribution in [1.82, 2.24) is 9.97 Å². The molecule has 0 aliphatic carbocycles. The highest BCUT2D eigenvalue weighted by Crippen LogP contribution is 2.15. The van der Waals surface area contributed by atoms with Crippen LogP contribution in [-0.4, -0.2) is 9.97 Å². The topological polar surface area (TPSA) is 52.5 Å². The minimum absolute atomic E-state index is 0.381. The molecule has 1 heterocycles. The van der Waals surface area contributed by atoms with Gasteiger partial charge in [-0.3, -0.25) is 0 Å². The smallest absolute Gasteiger partial charge is 0.128 e. The molecule has 0 saturated carbocycles. The zero-order valence-electron chi connectivity index (χ0n) is 7.76. The van der Waals surface area contributed by atoms with Crippen molar-refractivity contribution in [3.8, 4) is 6.07 Å². The minimum atomic E-state index is 0.381. The highest BCUT2D eigenvalue weighted by molar-refractivity contribution is 9.10. The average Bonchev–Trinajstić information content (AvgIpc) is 2.31. The molecular weight excluding hydrogens is 230 g/mol. The zero-order chi connectivity index (χ0) is 9.84. The van der Waals surface area contributed by atoms with Gasteiger partial charge in [0.2, 0.25) is 0 Å². The molecule has 1 aromatic heterocycles. The quantitative estimate of drug-likeness (QED) is 0.884. The SMILES string of the molecule is CC(C)Cc1nc(Br)c(CC#N)[nH]1. The number of nitrogens with one attached hydrogen (secondary N) is 1. The van der Waals surface area contributed by atoms with Crippen LogP contribution < -0.4 is 0 Å². The third-order valence-corrected chi connectivity index (χ3v) is 2.29. The largest absolute Gasteiger partial charge is 0.344 e. The van der Waals surface area contributed by atoms with Crippen LogP contribution >= 0.6 is 15.9 Å². The molecule has 0 aliphatic rings. The van der Waals surface area contributed by atoms with Gasteiger partial charge in [0, 0.05) is 6.42 Å². The van der Waals surface area contributed by atoms with E-state index in [1.807, 2.05) is 0 Å². The lowest BCUT2D eigenvalue weighted by atomic mass is 10.1. The van der Waals surface area contributed by atoms with Crippen molar-refractivity contribution in [3.05, 3.63) is 16.1 Å². The number of hydrogen-bond donors (Lipinski definition) is 1. The molecule has 0 aromatic carbocycles. The van der Waals surface area contributed by atoms with Crippen molar-refractivity contribution in [2.75, 3.05) is 0 Å². The summed E-state index contributed by atoms with van der Waals surface area (Å²) in [6.07, 6.45) is 1.30. The summed E-state index contributed by atoms with van der Waals surface area (Å²) in [5, 5.41) is 8.52. The number of aromatic nitrogens is 2. The Labute approximate surface area is 86.3 Å². The number of nitriles is 1. The minimum Gasteiger partial charge on any atom is -0.344 e. The molecule has 13 heavy (non-hydrogen) atoms. The molecule has 1 N–H and O–H groups in total. The molecular formula is C9H12BrN3. The summed E-state index contributed by atoms with van der Waals surface area (Å²) in [6.45, 7) is 4.28. The molecule has 0 spiro atoms. The Morgan fingerprint density at radius 2 is 2.31 bits per heavy atom. The van der Waals surface area contributed by atoms with E-state index in [1.165, 1.54) is 0 Å². The Balaban J connectivity index is 2.77. The van der Waals surface area contributed by atoms with Crippen LogP contribution in [0.4, 0.5) is 0 Å². The van der Waals surface area contributed by atoms with E-state index in [-0.39, 0.29) is 0 Å². The third-order valence-electron chi connectivity index (χ3n) is 1.63. The molecule has 1 aromatic rings. The first-order chi connectivity index (χ1) is 6.13. The first-order valence-electron chi connectivity index (χ1n) is 4.23. The Bertz CT molecular complexity index is 322. The number of H-pyrrole nitrogens is 1. The zero-order valence-corrected chi connectivity index (χ0v) is 9.35. The van der Waals surface area contributed by atoms with Crippen molar-refractivity contribution < 1.29 is 0 Å². The third kappa shape index (κ3) is 2.85. The number of aromatic amines is 1. The second-order valence-corrected chi connectivity index (χ2v) is 4.14. The molecule has 1 rings (SSSR count). The van der Waals surface area contributed by atoms with Crippen LogP contribution in [0.15, 0.2) is 4.60 Å². The van der Waals surface area contributed by atoms with E-state index < -0.39 is 0 Å². The number of rotatable bonds is 3. The van der Waals surface area contributed by atoms with Gasteiger partial charge in [-0.15, -0.1) is 0 Å². The second kappa shape index (κ2) is 4.43. The fourth-order valence-electron chi connectivity index (χ4n) is 1.12. The molecule has 0 saturated heterocycles. The van der Waals surface area contributed by atoms with Gasteiger partial charge in [-0.05, 0) is 21.8 Å². The molecule has 0 unspecified atom stereocenters. The van der Waals surface area contributed by atoms with Crippen molar-refractivity contribution in [1.29, 1.82) is 5.26 Å². The molecule has 0 bridgehead atoms. The highest BCUT2D eigenvalue weighted by atomic mass is 79.9. The Morgan fingerprint density at radius 3 is 2.85 bits per heavy atom. The number of nitrogens with zero attached hydrogens (tertiary/aromatic N) is 2. The predicted molar refractivity (Wildman–Crippen MR) is 54.1 cm³/mol. The van der Waals surface area contributed by atoms with Crippen LogP contribution in [0.3, 0.4) is 0 Å². The van der Waals surface area contributed by atoms with Crippen LogP contribution in [-0.2, 0) is 12.8 Å². The van der Waals surface area contributed by atoms with Gasteiger partial charge in [0.15, 0.2) is 0 Å². The molecule has 4 heteroatoms. The van der Waals surface area contributed by atoms with E-state index in [0.29, 0.717) is 12.3 Å². The summed E-state index contributed by atoms with van der Waals surface area (Å²) in [6, 6.07) is 2.09. The molecule has 3 nitrogen and oxygen atoms in total. The van der Waals surface area contributed by atoms with Crippen molar-refractivity contribution >= 4 is 15.9 Å². The lowest BCUT2D eigenvalue weighted by Gasteiger charge is -1.98. The lowest BCUT2D eigenvalue weighted by molar-refractivity contribution is 0.625. The van der Waals surface area contributed by atoms with Crippen LogP contribution in [0.5, 0.6) is 0 Å². The summed E-state index contributed by atoms with van der Waals surface area (Å²) in [5.41, 5.74) is 0.873. The van der Waals surface area contributed by atoms with E-state index in [0.717, 1.165) is 22.5 Å². The molecule has 0 atom stereocenters. The highest BCUT2D eigenvalue weighted by Gasteiger charge is 2.08. The van der Waals surface area contributed by atoms with Gasteiger partial charge >= 0.3 is 0 Å². The van der Waals surface area contributed by atoms with E-state index in [4.69, 9.17) is 5.26 Å². The van der Waals surface area contributed by atoms with Gasteiger partial charge in [0.05, 0.1) is 18.2 Å². The van der Waals surface area contributed by atoms with Crippen LogP contribution in [0.2, 0.25) is 0 Å². The van der Waals surface area contributed by atoms with Crippen LogP contribution in [0, 0.1) is 17.2 Å². The molecule has 0 amide bonds. The second-order valence-electron chi connectivity index (χ2n) is 3.39. The summed E-state index contributed by atoms with van der Waals surface area (Å²) in [4.78, 5) is 7.41. The Hall–Kier alpha value is -0.820. The predicted octanol–water partition coefficient (Wildman–Crippen LogP) is 2.44. The van der Waals surface area contributed by atoms with Crippen LogP contribution in [0.1, 0.15) is 25.4 Å². The van der Waals surface area contributed by atoms with Crippen molar-refractivity contribution in [3.63, 3.8) is 0 Å². The van der Waals surface area contributed by atoms with Gasteiger partial charge < -0.3 is 4.98 Å². The summed E-state index contributed by atoms with van der Waals surface area (Å²) < 4.78 is 0.768. The summed E-state index contributed by atoms with van der Waals surface area (Å²) in [5.74, 6) is 1.53. The van der Waals surface area contributed by atoms with Crippen molar-refractivity contribution in [2.24, 2.45) is 5.92 Å². The standard InChI is InChI=1S/C9H12BrN3/c1-6(2)5-8-12-7(3-4-11)9(10)13-8/h6H,3,5H2,1-2H3,(H,12,13). The fourth-order valence-corrected chi connectivity index (χ4v) is 1.57. The van der Waals surface area contributed by atoms with Gasteiger partial charge in [-0.1, -0.05) is 13.8 Å². The number of imidazole rings is 1. The van der Waals surface area contributed by atoms with Gasteiger partial charge in [-0.2, -0.15) is 5.26 Å². The Kier molecular flexibility index (Phi) is 3.49. The average molecular weight is 242 g/mol.